The molecule has 2 aliphatic heterocycles. The normalized spacial score (nSPS) is 17.9. The molecular formula is C21H33N3O3. The maximum Gasteiger partial charge on any atom is 0.220 e. The molecule has 0 aliphatic carbocycles. The highest BCUT2D eigenvalue weighted by atomic mass is 16.6. The van der Waals surface area contributed by atoms with E-state index in [1.165, 1.54) is 18.4 Å². The number of hydrogen-bond donors (Lipinski definition) is 1. The summed E-state index contributed by atoms with van der Waals surface area (Å²) in [5.41, 5.74) is 1.28. The van der Waals surface area contributed by atoms with Gasteiger partial charge in [-0.25, -0.2) is 0 Å². The average molecular weight is 376 g/mol. The zero-order valence-electron chi connectivity index (χ0n) is 16.7. The first-order chi connectivity index (χ1) is 13.1. The van der Waals surface area contributed by atoms with Gasteiger partial charge in [0.15, 0.2) is 11.5 Å². The predicted molar refractivity (Wildman–Crippen MR) is 106 cm³/mol. The Balaban J connectivity index is 1.35. The van der Waals surface area contributed by atoms with Crippen molar-refractivity contribution >= 4 is 5.91 Å². The van der Waals surface area contributed by atoms with Gasteiger partial charge >= 0.3 is 0 Å². The Hall–Kier alpha value is -1.79. The van der Waals surface area contributed by atoms with E-state index in [-0.39, 0.29) is 5.91 Å². The molecule has 0 aromatic heterocycles. The Kier molecular flexibility index (Phi) is 7.35. The van der Waals surface area contributed by atoms with Gasteiger partial charge in [-0.1, -0.05) is 6.07 Å². The summed E-state index contributed by atoms with van der Waals surface area (Å²) in [5.74, 6) is 2.58. The third-order valence-electron chi connectivity index (χ3n) is 5.38. The minimum absolute atomic E-state index is 0.190. The van der Waals surface area contributed by atoms with Crippen molar-refractivity contribution in [1.29, 1.82) is 0 Å². The zero-order valence-corrected chi connectivity index (χ0v) is 16.7. The lowest BCUT2D eigenvalue weighted by Gasteiger charge is -2.32. The molecule has 150 valence electrons. The highest BCUT2D eigenvalue weighted by molar-refractivity contribution is 5.75. The summed E-state index contributed by atoms with van der Waals surface area (Å²) in [5, 5.41) is 3.01. The number of rotatable bonds is 8. The van der Waals surface area contributed by atoms with Gasteiger partial charge in [0, 0.05) is 26.1 Å². The summed E-state index contributed by atoms with van der Waals surface area (Å²) in [6.45, 7) is 6.04. The highest BCUT2D eigenvalue weighted by Crippen LogP contribution is 2.31. The predicted octanol–water partition coefficient (Wildman–Crippen LogP) is 2.13. The van der Waals surface area contributed by atoms with Crippen LogP contribution in [0.25, 0.3) is 0 Å². The summed E-state index contributed by atoms with van der Waals surface area (Å²) >= 11 is 0. The third-order valence-corrected chi connectivity index (χ3v) is 5.38. The number of likely N-dealkylation sites (N-methyl/N-ethyl adjacent to an activating group) is 1. The van der Waals surface area contributed by atoms with Gasteiger partial charge in [0.1, 0.15) is 13.2 Å². The van der Waals surface area contributed by atoms with Gasteiger partial charge in [-0.2, -0.15) is 0 Å². The fraction of sp³-hybridized carbons (Fsp3) is 0.667. The number of likely N-dealkylation sites (tertiary alicyclic amines) is 1. The minimum Gasteiger partial charge on any atom is -0.486 e. The number of nitrogens with zero attached hydrogens (tertiary/aromatic N) is 2. The van der Waals surface area contributed by atoms with Crippen LogP contribution in [0.5, 0.6) is 11.5 Å². The molecule has 1 N–H and O–H groups in total. The zero-order chi connectivity index (χ0) is 19.1. The number of benzene rings is 1. The molecule has 3 rings (SSSR count). The van der Waals surface area contributed by atoms with E-state index in [1.807, 2.05) is 20.2 Å². The molecule has 1 fully saturated rings. The lowest BCUT2D eigenvalue weighted by molar-refractivity contribution is -0.121. The molecule has 2 heterocycles. The number of carbonyl (C=O) groups is 1. The van der Waals surface area contributed by atoms with E-state index in [0.29, 0.717) is 25.6 Å². The van der Waals surface area contributed by atoms with Gasteiger partial charge in [0.2, 0.25) is 5.91 Å². The number of carbonyl (C=O) groups excluding carboxylic acids is 1. The molecule has 6 heteroatoms. The van der Waals surface area contributed by atoms with Crippen molar-refractivity contribution in [1.82, 2.24) is 15.1 Å². The Morgan fingerprint density at radius 3 is 2.67 bits per heavy atom. The Morgan fingerprint density at radius 1 is 1.19 bits per heavy atom. The molecule has 0 radical (unpaired) electrons. The Labute approximate surface area is 162 Å². The first-order valence-corrected chi connectivity index (χ1v) is 10.1. The van der Waals surface area contributed by atoms with Gasteiger partial charge in [0.05, 0.1) is 0 Å². The van der Waals surface area contributed by atoms with Crippen LogP contribution in [0.15, 0.2) is 18.2 Å². The second kappa shape index (κ2) is 9.95. The van der Waals surface area contributed by atoms with Crippen LogP contribution in [0.3, 0.4) is 0 Å². The highest BCUT2D eigenvalue weighted by Gasteiger charge is 2.21. The van der Waals surface area contributed by atoms with Gasteiger partial charge in [-0.3, -0.25) is 9.69 Å². The summed E-state index contributed by atoms with van der Waals surface area (Å²) in [7, 11) is 4.04. The van der Waals surface area contributed by atoms with Crippen LogP contribution >= 0.6 is 0 Å². The fourth-order valence-corrected chi connectivity index (χ4v) is 3.72. The summed E-state index contributed by atoms with van der Waals surface area (Å²) in [4.78, 5) is 16.5. The van der Waals surface area contributed by atoms with Crippen LogP contribution in [-0.4, -0.2) is 69.2 Å². The van der Waals surface area contributed by atoms with Crippen LogP contribution in [0.2, 0.25) is 0 Å². The lowest BCUT2D eigenvalue weighted by Crippen LogP contribution is -2.34. The van der Waals surface area contributed by atoms with E-state index >= 15 is 0 Å². The lowest BCUT2D eigenvalue weighted by atomic mass is 9.92. The van der Waals surface area contributed by atoms with Crippen molar-refractivity contribution in [3.63, 3.8) is 0 Å². The molecule has 0 spiro atoms. The maximum atomic E-state index is 11.9. The van der Waals surface area contributed by atoms with E-state index < -0.39 is 0 Å². The number of ether oxygens (including phenoxy) is 2. The number of hydrogen-bond acceptors (Lipinski definition) is 5. The largest absolute Gasteiger partial charge is 0.486 e. The first-order valence-electron chi connectivity index (χ1n) is 10.1. The van der Waals surface area contributed by atoms with Crippen molar-refractivity contribution < 1.29 is 14.3 Å². The monoisotopic (exact) mass is 375 g/mol. The molecule has 0 unspecified atom stereocenters. The SMILES string of the molecule is CN(C)CCNC(=O)CCC1CCN(Cc2ccc3c(c2)OCCO3)CC1. The topological polar surface area (TPSA) is 54.0 Å². The van der Waals surface area contributed by atoms with Crippen LogP contribution < -0.4 is 14.8 Å². The number of fused-ring (bicyclic) bond motifs is 1. The smallest absolute Gasteiger partial charge is 0.220 e. The quantitative estimate of drug-likeness (QED) is 0.754. The van der Waals surface area contributed by atoms with E-state index in [1.54, 1.807) is 0 Å². The summed E-state index contributed by atoms with van der Waals surface area (Å²) < 4.78 is 11.3. The number of piperidine rings is 1. The van der Waals surface area contributed by atoms with Crippen LogP contribution in [0, 0.1) is 5.92 Å². The van der Waals surface area contributed by atoms with Crippen molar-refractivity contribution in [2.24, 2.45) is 5.92 Å². The second-order valence-corrected chi connectivity index (χ2v) is 7.89. The van der Waals surface area contributed by atoms with Crippen LogP contribution in [-0.2, 0) is 11.3 Å². The van der Waals surface area contributed by atoms with Crippen LogP contribution in [0.1, 0.15) is 31.2 Å². The molecule has 1 aromatic rings. The van der Waals surface area contributed by atoms with Crippen molar-refractivity contribution in [3.05, 3.63) is 23.8 Å². The number of amides is 1. The van der Waals surface area contributed by atoms with Crippen molar-refractivity contribution in [2.45, 2.75) is 32.2 Å². The standard InChI is InChI=1S/C21H33N3O3/c1-23(2)12-9-22-21(25)6-4-17-7-10-24(11-8-17)16-18-3-5-19-20(15-18)27-14-13-26-19/h3,5,15,17H,4,6-14,16H2,1-2H3,(H,22,25). The molecule has 0 atom stereocenters. The molecule has 1 amide bonds. The fourth-order valence-electron chi connectivity index (χ4n) is 3.72. The Morgan fingerprint density at radius 2 is 1.93 bits per heavy atom. The molecule has 0 saturated carbocycles. The molecule has 1 aromatic carbocycles. The molecule has 6 nitrogen and oxygen atoms in total. The van der Waals surface area contributed by atoms with Crippen molar-refractivity contribution in [3.8, 4) is 11.5 Å². The third kappa shape index (κ3) is 6.40. The maximum absolute atomic E-state index is 11.9. The van der Waals surface area contributed by atoms with Gasteiger partial charge < -0.3 is 19.7 Å². The second-order valence-electron chi connectivity index (χ2n) is 7.89. The summed E-state index contributed by atoms with van der Waals surface area (Å²) in [6.07, 6.45) is 4.01. The van der Waals surface area contributed by atoms with Crippen LogP contribution in [0.4, 0.5) is 0 Å². The molecule has 0 bridgehead atoms. The van der Waals surface area contributed by atoms with E-state index in [2.05, 4.69) is 27.2 Å². The first kappa shape index (κ1) is 20.0. The van der Waals surface area contributed by atoms with E-state index in [4.69, 9.17) is 9.47 Å². The molecular weight excluding hydrogens is 342 g/mol. The number of nitrogens with one attached hydrogen (secondary N) is 1. The average Bonchev–Trinajstić information content (AvgIpc) is 2.67. The van der Waals surface area contributed by atoms with Gasteiger partial charge in [-0.15, -0.1) is 0 Å². The molecule has 27 heavy (non-hydrogen) atoms. The van der Waals surface area contributed by atoms with Gasteiger partial charge in [-0.05, 0) is 70.1 Å². The molecule has 2 aliphatic rings. The van der Waals surface area contributed by atoms with E-state index in [9.17, 15) is 4.79 Å². The van der Waals surface area contributed by atoms with Crippen molar-refractivity contribution in [2.75, 3.05) is 53.5 Å². The Bertz CT molecular complexity index is 613. The minimum atomic E-state index is 0.190. The van der Waals surface area contributed by atoms with Gasteiger partial charge in [0.25, 0.3) is 0 Å². The molecule has 1 saturated heterocycles. The van der Waals surface area contributed by atoms with E-state index in [0.717, 1.165) is 50.6 Å². The summed E-state index contributed by atoms with van der Waals surface area (Å²) in [6, 6.07) is 6.27.